The molecule has 4 heteroatoms. The van der Waals surface area contributed by atoms with Crippen LogP contribution < -0.4 is 0 Å². The van der Waals surface area contributed by atoms with Crippen LogP contribution in [0.4, 0.5) is 0 Å². The Kier molecular flexibility index (Phi) is 2.30. The summed E-state index contributed by atoms with van der Waals surface area (Å²) in [6.45, 7) is 7.59. The Morgan fingerprint density at radius 3 is 1.38 bits per heavy atom. The van der Waals surface area contributed by atoms with Gasteiger partial charge < -0.3 is 10.4 Å². The van der Waals surface area contributed by atoms with Crippen molar-refractivity contribution in [1.82, 2.24) is 0 Å². The SMILES string of the molecule is CC1=[N+]([O-])[C@@](C)([C@@]2(C)CCC(C)=[N+]2[O-])CC1. The summed E-state index contributed by atoms with van der Waals surface area (Å²) in [7, 11) is 0. The standard InChI is InChI=1S/C12H20N2O2/c1-9-5-7-11(3,13(9)15)12(4)8-6-10(2)14(12)16/h5-8H2,1-4H3/t11-,12-/m1/s1. The van der Waals surface area contributed by atoms with Gasteiger partial charge in [-0.15, -0.1) is 0 Å². The lowest BCUT2D eigenvalue weighted by molar-refractivity contribution is -0.653. The predicted octanol–water partition coefficient (Wildman–Crippen LogP) is 2.03. The number of hydroxylamine groups is 2. The van der Waals surface area contributed by atoms with Crippen LogP contribution in [0.2, 0.25) is 0 Å². The summed E-state index contributed by atoms with van der Waals surface area (Å²) < 4.78 is 2.16. The fraction of sp³-hybridized carbons (Fsp3) is 0.833. The summed E-state index contributed by atoms with van der Waals surface area (Å²) in [5, 5.41) is 24.4. The predicted molar refractivity (Wildman–Crippen MR) is 63.9 cm³/mol. The zero-order chi connectivity index (χ0) is 12.1. The Morgan fingerprint density at radius 2 is 1.19 bits per heavy atom. The highest BCUT2D eigenvalue weighted by atomic mass is 16.5. The van der Waals surface area contributed by atoms with Gasteiger partial charge in [0.2, 0.25) is 11.1 Å². The summed E-state index contributed by atoms with van der Waals surface area (Å²) in [5.74, 6) is 0. The molecule has 0 N–H and O–H groups in total. The minimum absolute atomic E-state index is 0.573. The van der Waals surface area contributed by atoms with Crippen LogP contribution in [0.5, 0.6) is 0 Å². The number of hydrogen-bond donors (Lipinski definition) is 0. The van der Waals surface area contributed by atoms with Crippen LogP contribution in [-0.4, -0.2) is 32.0 Å². The molecule has 2 atom stereocenters. The van der Waals surface area contributed by atoms with Crippen molar-refractivity contribution < 1.29 is 9.48 Å². The molecule has 0 saturated carbocycles. The summed E-state index contributed by atoms with van der Waals surface area (Å²) in [5.41, 5.74) is 0.552. The molecule has 2 heterocycles. The molecule has 0 bridgehead atoms. The molecule has 0 aliphatic carbocycles. The Hall–Kier alpha value is -1.06. The summed E-state index contributed by atoms with van der Waals surface area (Å²) >= 11 is 0. The molecule has 0 amide bonds. The topological polar surface area (TPSA) is 52.1 Å². The molecule has 0 aromatic heterocycles. The first-order valence-corrected chi connectivity index (χ1v) is 5.92. The van der Waals surface area contributed by atoms with Gasteiger partial charge in [-0.1, -0.05) is 0 Å². The van der Waals surface area contributed by atoms with E-state index in [1.165, 1.54) is 0 Å². The molecular weight excluding hydrogens is 204 g/mol. The second-order valence-corrected chi connectivity index (χ2v) is 5.61. The third-order valence-corrected chi connectivity index (χ3v) is 4.70. The molecule has 0 spiro atoms. The minimum atomic E-state index is -0.573. The number of hydrogen-bond acceptors (Lipinski definition) is 2. The lowest BCUT2D eigenvalue weighted by atomic mass is 9.76. The van der Waals surface area contributed by atoms with E-state index in [9.17, 15) is 10.4 Å². The van der Waals surface area contributed by atoms with E-state index >= 15 is 0 Å². The third kappa shape index (κ3) is 1.16. The second kappa shape index (κ2) is 3.22. The molecular formula is C12H20N2O2. The van der Waals surface area contributed by atoms with E-state index in [-0.39, 0.29) is 0 Å². The molecule has 4 nitrogen and oxygen atoms in total. The molecule has 2 rings (SSSR count). The maximum atomic E-state index is 12.2. The summed E-state index contributed by atoms with van der Waals surface area (Å²) in [6.07, 6.45) is 3.18. The molecule has 2 aliphatic heterocycles. The first kappa shape index (κ1) is 11.4. The molecule has 90 valence electrons. The highest BCUT2D eigenvalue weighted by molar-refractivity contribution is 5.80. The molecule has 2 aliphatic rings. The third-order valence-electron chi connectivity index (χ3n) is 4.70. The molecule has 0 saturated heterocycles. The Labute approximate surface area is 96.4 Å². The highest BCUT2D eigenvalue weighted by Crippen LogP contribution is 2.42. The van der Waals surface area contributed by atoms with Crippen molar-refractivity contribution in [3.63, 3.8) is 0 Å². The van der Waals surface area contributed by atoms with Crippen LogP contribution in [0.25, 0.3) is 0 Å². The van der Waals surface area contributed by atoms with Crippen LogP contribution in [0.15, 0.2) is 0 Å². The lowest BCUT2D eigenvalue weighted by Crippen LogP contribution is -2.58. The average Bonchev–Trinajstić information content (AvgIpc) is 2.67. The van der Waals surface area contributed by atoms with Gasteiger partial charge >= 0.3 is 0 Å². The average molecular weight is 224 g/mol. The van der Waals surface area contributed by atoms with Crippen molar-refractivity contribution in [1.29, 1.82) is 0 Å². The van der Waals surface area contributed by atoms with E-state index in [2.05, 4.69) is 0 Å². The number of nitrogens with zero attached hydrogens (tertiary/aromatic N) is 2. The largest absolute Gasteiger partial charge is 0.623 e. The van der Waals surface area contributed by atoms with E-state index in [1.807, 2.05) is 27.7 Å². The van der Waals surface area contributed by atoms with Gasteiger partial charge in [-0.25, -0.2) is 9.48 Å². The molecule has 0 aromatic rings. The van der Waals surface area contributed by atoms with Crippen LogP contribution in [0.3, 0.4) is 0 Å². The van der Waals surface area contributed by atoms with Crippen molar-refractivity contribution in [2.24, 2.45) is 0 Å². The quantitative estimate of drug-likeness (QED) is 0.505. The van der Waals surface area contributed by atoms with Crippen LogP contribution in [0, 0.1) is 10.4 Å². The monoisotopic (exact) mass is 224 g/mol. The van der Waals surface area contributed by atoms with Gasteiger partial charge in [-0.3, -0.25) is 0 Å². The maximum absolute atomic E-state index is 12.2. The van der Waals surface area contributed by atoms with Crippen molar-refractivity contribution in [2.75, 3.05) is 0 Å². The van der Waals surface area contributed by atoms with Gasteiger partial charge in [-0.05, 0) is 0 Å². The first-order valence-electron chi connectivity index (χ1n) is 5.92. The molecule has 0 unspecified atom stereocenters. The van der Waals surface area contributed by atoms with Gasteiger partial charge in [-0.2, -0.15) is 0 Å². The zero-order valence-corrected chi connectivity index (χ0v) is 10.5. The van der Waals surface area contributed by atoms with Crippen LogP contribution in [0.1, 0.15) is 53.4 Å². The molecule has 0 fully saturated rings. The van der Waals surface area contributed by atoms with Crippen molar-refractivity contribution in [2.45, 2.75) is 64.5 Å². The van der Waals surface area contributed by atoms with E-state index in [1.54, 1.807) is 0 Å². The Balaban J connectivity index is 2.47. The van der Waals surface area contributed by atoms with Crippen molar-refractivity contribution >= 4 is 11.4 Å². The van der Waals surface area contributed by atoms with Gasteiger partial charge in [0.15, 0.2) is 11.4 Å². The summed E-state index contributed by atoms with van der Waals surface area (Å²) in [6, 6.07) is 0. The lowest BCUT2D eigenvalue weighted by Gasteiger charge is -2.36. The van der Waals surface area contributed by atoms with Gasteiger partial charge in [0.1, 0.15) is 0 Å². The minimum Gasteiger partial charge on any atom is -0.623 e. The van der Waals surface area contributed by atoms with E-state index in [4.69, 9.17) is 0 Å². The smallest absolute Gasteiger partial charge is 0.234 e. The van der Waals surface area contributed by atoms with E-state index in [0.717, 1.165) is 46.6 Å². The van der Waals surface area contributed by atoms with Gasteiger partial charge in [0.25, 0.3) is 0 Å². The molecule has 16 heavy (non-hydrogen) atoms. The van der Waals surface area contributed by atoms with Gasteiger partial charge in [0.05, 0.1) is 0 Å². The first-order chi connectivity index (χ1) is 7.33. The summed E-state index contributed by atoms with van der Waals surface area (Å²) in [4.78, 5) is 0. The highest BCUT2D eigenvalue weighted by Gasteiger charge is 2.63. The van der Waals surface area contributed by atoms with E-state index in [0.29, 0.717) is 0 Å². The number of rotatable bonds is 1. The normalized spacial score (nSPS) is 40.0. The maximum Gasteiger partial charge on any atom is 0.234 e. The Bertz CT molecular complexity index is 362. The zero-order valence-electron chi connectivity index (χ0n) is 10.5. The fourth-order valence-corrected chi connectivity index (χ4v) is 3.07. The van der Waals surface area contributed by atoms with Crippen molar-refractivity contribution in [3.05, 3.63) is 10.4 Å². The van der Waals surface area contributed by atoms with Crippen LogP contribution >= 0.6 is 0 Å². The Morgan fingerprint density at radius 1 is 0.875 bits per heavy atom. The molecule has 0 aromatic carbocycles. The van der Waals surface area contributed by atoms with Crippen molar-refractivity contribution in [3.8, 4) is 0 Å². The molecule has 0 radical (unpaired) electrons. The fourth-order valence-electron chi connectivity index (χ4n) is 3.07. The second-order valence-electron chi connectivity index (χ2n) is 5.61. The van der Waals surface area contributed by atoms with Gasteiger partial charge in [0, 0.05) is 53.4 Å². The van der Waals surface area contributed by atoms with Crippen LogP contribution in [-0.2, 0) is 0 Å². The van der Waals surface area contributed by atoms with E-state index < -0.39 is 11.1 Å².